The summed E-state index contributed by atoms with van der Waals surface area (Å²) in [5.41, 5.74) is 2.15. The minimum absolute atomic E-state index is 0.0114. The van der Waals surface area contributed by atoms with Crippen LogP contribution in [0, 0.1) is 16.0 Å². The lowest BCUT2D eigenvalue weighted by Crippen LogP contribution is -2.16. The van der Waals surface area contributed by atoms with Gasteiger partial charge in [0.15, 0.2) is 5.13 Å². The van der Waals surface area contributed by atoms with E-state index < -0.39 is 23.2 Å². The van der Waals surface area contributed by atoms with E-state index >= 15 is 0 Å². The highest BCUT2D eigenvalue weighted by Gasteiger charge is 2.31. The van der Waals surface area contributed by atoms with Crippen LogP contribution in [0.1, 0.15) is 34.6 Å². The standard InChI is InChI=1S/C21H19F3N4O3S.C8H6ClNO4/c1-11(2)10-28-16-7-4-12(18(29)30-3)8-15(16)25-19(28)27-20-26-14-6-5-13(9-17(14)32-20)31-21(22,23)24;1-14-8(11)5-2-3-6(9)7(4-5)10(12)13/h4-9,11H,10H2,1-3H3,(H,25,26,27);2-4H,1H3. The Balaban J connectivity index is 0.000000288. The maximum atomic E-state index is 12.5. The minimum Gasteiger partial charge on any atom is -0.465 e. The van der Waals surface area contributed by atoms with Crippen molar-refractivity contribution in [2.45, 2.75) is 26.8 Å². The van der Waals surface area contributed by atoms with Gasteiger partial charge in [-0.15, -0.1) is 13.2 Å². The van der Waals surface area contributed by atoms with Gasteiger partial charge in [0.05, 0.1) is 51.5 Å². The summed E-state index contributed by atoms with van der Waals surface area (Å²) in [6, 6.07) is 12.9. The summed E-state index contributed by atoms with van der Waals surface area (Å²) in [5, 5.41) is 14.1. The highest BCUT2D eigenvalue weighted by atomic mass is 35.5. The molecule has 0 aliphatic rings. The van der Waals surface area contributed by atoms with Crippen molar-refractivity contribution >= 4 is 72.9 Å². The number of alkyl halides is 3. The van der Waals surface area contributed by atoms with Crippen molar-refractivity contribution in [3.63, 3.8) is 0 Å². The average Bonchev–Trinajstić information content (AvgIpc) is 3.55. The SMILES string of the molecule is COC(=O)c1ccc(Cl)c([N+](=O)[O-])c1.COC(=O)c1ccc2c(c1)nc(Nc1nc3ccc(OC(F)(F)F)cc3s1)n2CC(C)C. The fraction of sp³-hybridized carbons (Fsp3) is 0.241. The van der Waals surface area contributed by atoms with Gasteiger partial charge in [-0.1, -0.05) is 36.8 Å². The second-order valence-electron chi connectivity index (χ2n) is 9.87. The third-order valence-electron chi connectivity index (χ3n) is 6.09. The normalized spacial score (nSPS) is 11.2. The number of nitrogens with one attached hydrogen (secondary N) is 1. The first-order valence-corrected chi connectivity index (χ1v) is 14.4. The van der Waals surface area contributed by atoms with E-state index in [1.165, 1.54) is 55.9 Å². The van der Waals surface area contributed by atoms with Crippen molar-refractivity contribution in [2.24, 2.45) is 5.92 Å². The number of methoxy groups -OCH3 is 2. The summed E-state index contributed by atoms with van der Waals surface area (Å²) >= 11 is 6.73. The molecule has 2 aromatic heterocycles. The molecule has 5 aromatic rings. The molecule has 0 atom stereocenters. The number of imidazole rings is 1. The van der Waals surface area contributed by atoms with Crippen LogP contribution in [0.25, 0.3) is 21.3 Å². The van der Waals surface area contributed by atoms with Crippen LogP contribution in [0.2, 0.25) is 5.02 Å². The fourth-order valence-corrected chi connectivity index (χ4v) is 5.24. The van der Waals surface area contributed by atoms with E-state index in [1.807, 2.05) is 4.57 Å². The highest BCUT2D eigenvalue weighted by molar-refractivity contribution is 7.22. The Morgan fingerprint density at radius 1 is 1.00 bits per heavy atom. The molecule has 5 rings (SSSR count). The van der Waals surface area contributed by atoms with Crippen molar-refractivity contribution in [1.29, 1.82) is 0 Å². The second kappa shape index (κ2) is 14.0. The number of ether oxygens (including phenoxy) is 3. The molecule has 0 amide bonds. The number of carbonyl (C=O) groups excluding carboxylic acids is 2. The lowest BCUT2D eigenvalue weighted by Gasteiger charge is -2.11. The molecule has 2 heterocycles. The van der Waals surface area contributed by atoms with E-state index in [9.17, 15) is 32.9 Å². The molecule has 0 aliphatic heterocycles. The number of benzene rings is 3. The van der Waals surface area contributed by atoms with E-state index in [0.717, 1.165) is 11.6 Å². The van der Waals surface area contributed by atoms with Gasteiger partial charge in [0.25, 0.3) is 5.69 Å². The summed E-state index contributed by atoms with van der Waals surface area (Å²) in [5.74, 6) is -0.567. The number of carbonyl (C=O) groups is 2. The summed E-state index contributed by atoms with van der Waals surface area (Å²) < 4.78 is 53.2. The largest absolute Gasteiger partial charge is 0.573 e. The third kappa shape index (κ3) is 8.19. The van der Waals surface area contributed by atoms with Gasteiger partial charge in [-0.25, -0.2) is 19.6 Å². The Morgan fingerprint density at radius 2 is 1.65 bits per heavy atom. The van der Waals surface area contributed by atoms with E-state index in [-0.39, 0.29) is 22.0 Å². The maximum Gasteiger partial charge on any atom is 0.573 e. The Bertz CT molecular complexity index is 1930. The van der Waals surface area contributed by atoms with Crippen LogP contribution >= 0.6 is 22.9 Å². The number of esters is 2. The van der Waals surface area contributed by atoms with Gasteiger partial charge in [-0.05, 0) is 48.4 Å². The zero-order chi connectivity index (χ0) is 33.8. The predicted octanol–water partition coefficient (Wildman–Crippen LogP) is 7.77. The molecular formula is C29H25ClF3N5O7S. The quantitative estimate of drug-likeness (QED) is 0.0980. The number of hydrogen-bond donors (Lipinski definition) is 1. The zero-order valence-corrected chi connectivity index (χ0v) is 26.1. The first kappa shape index (κ1) is 33.9. The number of nitro benzene ring substituents is 1. The molecule has 0 fully saturated rings. The van der Waals surface area contributed by atoms with Gasteiger partial charge < -0.3 is 24.1 Å². The summed E-state index contributed by atoms with van der Waals surface area (Å²) in [6.45, 7) is 4.79. The van der Waals surface area contributed by atoms with Crippen LogP contribution in [0.4, 0.5) is 29.9 Å². The smallest absolute Gasteiger partial charge is 0.465 e. The molecular weight excluding hydrogens is 655 g/mol. The number of halogens is 4. The number of nitrogens with zero attached hydrogens (tertiary/aromatic N) is 4. The lowest BCUT2D eigenvalue weighted by molar-refractivity contribution is -0.384. The van der Waals surface area contributed by atoms with Gasteiger partial charge in [0.1, 0.15) is 10.8 Å². The maximum absolute atomic E-state index is 12.5. The van der Waals surface area contributed by atoms with Gasteiger partial charge in [0.2, 0.25) is 5.95 Å². The van der Waals surface area contributed by atoms with E-state index in [2.05, 4.69) is 38.6 Å². The summed E-state index contributed by atoms with van der Waals surface area (Å²) in [7, 11) is 2.51. The molecule has 0 bridgehead atoms. The van der Waals surface area contributed by atoms with Crippen LogP contribution in [-0.2, 0) is 16.0 Å². The van der Waals surface area contributed by atoms with Crippen molar-refractivity contribution in [3.05, 3.63) is 80.9 Å². The highest BCUT2D eigenvalue weighted by Crippen LogP contribution is 2.34. The van der Waals surface area contributed by atoms with Crippen molar-refractivity contribution < 1.29 is 41.9 Å². The van der Waals surface area contributed by atoms with Gasteiger partial charge in [0, 0.05) is 18.7 Å². The number of thiazole rings is 1. The summed E-state index contributed by atoms with van der Waals surface area (Å²) in [4.78, 5) is 41.7. The topological polar surface area (TPSA) is 148 Å². The number of fused-ring (bicyclic) bond motifs is 2. The first-order valence-electron chi connectivity index (χ1n) is 13.2. The lowest BCUT2D eigenvalue weighted by atomic mass is 10.2. The molecule has 12 nitrogen and oxygen atoms in total. The monoisotopic (exact) mass is 679 g/mol. The molecule has 0 radical (unpaired) electrons. The molecule has 0 spiro atoms. The summed E-state index contributed by atoms with van der Waals surface area (Å²) in [6.07, 6.45) is -4.76. The molecule has 46 heavy (non-hydrogen) atoms. The molecule has 0 saturated heterocycles. The molecule has 17 heteroatoms. The first-order chi connectivity index (χ1) is 21.7. The van der Waals surface area contributed by atoms with Crippen molar-refractivity contribution in [2.75, 3.05) is 19.5 Å². The third-order valence-corrected chi connectivity index (χ3v) is 7.35. The molecule has 1 N–H and O–H groups in total. The van der Waals surface area contributed by atoms with Gasteiger partial charge in [-0.3, -0.25) is 10.1 Å². The van der Waals surface area contributed by atoms with Crippen LogP contribution < -0.4 is 10.1 Å². The molecule has 0 unspecified atom stereocenters. The number of aromatic nitrogens is 3. The van der Waals surface area contributed by atoms with Crippen molar-refractivity contribution in [1.82, 2.24) is 14.5 Å². The molecule has 3 aromatic carbocycles. The van der Waals surface area contributed by atoms with Gasteiger partial charge in [-0.2, -0.15) is 0 Å². The fourth-order valence-electron chi connectivity index (χ4n) is 4.17. The van der Waals surface area contributed by atoms with E-state index in [4.69, 9.17) is 16.3 Å². The van der Waals surface area contributed by atoms with Crippen LogP contribution in [-0.4, -0.2) is 52.0 Å². The minimum atomic E-state index is -4.76. The molecule has 0 saturated carbocycles. The van der Waals surface area contributed by atoms with Crippen LogP contribution in [0.5, 0.6) is 5.75 Å². The molecule has 0 aliphatic carbocycles. The van der Waals surface area contributed by atoms with Gasteiger partial charge >= 0.3 is 18.3 Å². The average molecular weight is 680 g/mol. The zero-order valence-electron chi connectivity index (χ0n) is 24.5. The Morgan fingerprint density at radius 3 is 2.26 bits per heavy atom. The second-order valence-corrected chi connectivity index (χ2v) is 11.3. The van der Waals surface area contributed by atoms with E-state index in [1.54, 1.807) is 18.2 Å². The van der Waals surface area contributed by atoms with Crippen LogP contribution in [0.15, 0.2) is 54.6 Å². The number of hydrogen-bond acceptors (Lipinski definition) is 11. The Hall–Kier alpha value is -4.96. The molecule has 242 valence electrons. The van der Waals surface area contributed by atoms with Crippen LogP contribution in [0.3, 0.4) is 0 Å². The van der Waals surface area contributed by atoms with E-state index in [0.29, 0.717) is 44.8 Å². The number of rotatable bonds is 8. The van der Waals surface area contributed by atoms with Crippen molar-refractivity contribution in [3.8, 4) is 5.75 Å². The Labute approximate surface area is 267 Å². The number of anilines is 2. The number of nitro groups is 1. The Kier molecular flexibility index (Phi) is 10.3. The predicted molar refractivity (Wildman–Crippen MR) is 165 cm³/mol.